The van der Waals surface area contributed by atoms with E-state index >= 15 is 17.6 Å². The van der Waals surface area contributed by atoms with Crippen LogP contribution in [0.2, 0.25) is 0 Å². The molecular weight excluding hydrogens is 526 g/mol. The summed E-state index contributed by atoms with van der Waals surface area (Å²) >= 11 is 0.765. The third kappa shape index (κ3) is 2.80. The standard InChI is InChI=1S/C22F6N6S2/c1-29-19(30-2)21-33-15-5-6-8(10(24)9(23)7(5)11(25)13(27)17(15)35-21)12(26)14(28)18-16(6)34-22(36-18)20(31-3)32-4. The molecule has 0 aliphatic heterocycles. The fourth-order valence-corrected chi connectivity index (χ4v) is 5.58. The van der Waals surface area contributed by atoms with E-state index in [2.05, 4.69) is 29.3 Å². The molecule has 5 aromatic rings. The first-order valence-corrected chi connectivity index (χ1v) is 10.8. The molecule has 5 rings (SSSR count). The molecule has 0 N–H and O–H groups in total. The molecule has 14 heteroatoms. The van der Waals surface area contributed by atoms with Crippen LogP contribution in [0.4, 0.5) is 26.3 Å². The number of benzene rings is 3. The van der Waals surface area contributed by atoms with Crippen LogP contribution in [-0.2, 0) is 0 Å². The van der Waals surface area contributed by atoms with Gasteiger partial charge in [-0.15, -0.1) is 22.7 Å². The lowest BCUT2D eigenvalue weighted by Gasteiger charge is -2.12. The number of fused-ring (bicyclic) bond motifs is 7. The number of thiazole rings is 2. The Morgan fingerprint density at radius 3 is 1.11 bits per heavy atom. The summed E-state index contributed by atoms with van der Waals surface area (Å²) < 4.78 is 88.2. The van der Waals surface area contributed by atoms with Crippen molar-refractivity contribution in [3.63, 3.8) is 0 Å². The van der Waals surface area contributed by atoms with Crippen molar-refractivity contribution in [3.8, 4) is 0 Å². The molecule has 172 valence electrons. The van der Waals surface area contributed by atoms with Gasteiger partial charge in [0.25, 0.3) is 0 Å². The minimum atomic E-state index is -2.02. The Morgan fingerprint density at radius 1 is 0.500 bits per heavy atom. The van der Waals surface area contributed by atoms with Crippen molar-refractivity contribution in [2.45, 2.75) is 0 Å². The average Bonchev–Trinajstić information content (AvgIpc) is 3.50. The van der Waals surface area contributed by atoms with Crippen LogP contribution in [0, 0.1) is 61.2 Å². The molecule has 2 aromatic heterocycles. The number of aromatic nitrogens is 2. The molecule has 36 heavy (non-hydrogen) atoms. The number of rotatable bonds is 0. The van der Waals surface area contributed by atoms with Crippen LogP contribution in [0.3, 0.4) is 0 Å². The summed E-state index contributed by atoms with van der Waals surface area (Å²) in [6.07, 6.45) is 0. The first kappa shape index (κ1) is 23.0. The lowest BCUT2D eigenvalue weighted by Crippen LogP contribution is -2.02. The highest BCUT2D eigenvalue weighted by atomic mass is 32.1. The van der Waals surface area contributed by atoms with Crippen molar-refractivity contribution in [2.24, 2.45) is 0 Å². The van der Waals surface area contributed by atoms with Crippen LogP contribution < -0.4 is 9.33 Å². The van der Waals surface area contributed by atoms with E-state index < -0.39 is 88.5 Å². The highest BCUT2D eigenvalue weighted by Gasteiger charge is 2.31. The second-order valence-electron chi connectivity index (χ2n) is 6.87. The molecular formula is C22F6N6S2. The largest absolute Gasteiger partial charge is 0.555 e. The lowest BCUT2D eigenvalue weighted by atomic mass is 9.97. The second-order valence-corrected chi connectivity index (χ2v) is 8.87. The summed E-state index contributed by atoms with van der Waals surface area (Å²) in [6, 6.07) is 0. The van der Waals surface area contributed by atoms with Crippen molar-refractivity contribution in [1.82, 2.24) is 9.97 Å². The van der Waals surface area contributed by atoms with Gasteiger partial charge < -0.3 is 0 Å². The van der Waals surface area contributed by atoms with Crippen molar-refractivity contribution in [2.75, 3.05) is 0 Å². The van der Waals surface area contributed by atoms with Gasteiger partial charge >= 0.3 is 11.6 Å². The van der Waals surface area contributed by atoms with Crippen molar-refractivity contribution in [3.05, 3.63) is 89.9 Å². The third-order valence-corrected chi connectivity index (χ3v) is 7.23. The summed E-state index contributed by atoms with van der Waals surface area (Å²) in [5.41, 5.74) is -1.09. The molecule has 0 aliphatic rings. The van der Waals surface area contributed by atoms with E-state index in [0.717, 1.165) is 0 Å². The van der Waals surface area contributed by atoms with Gasteiger partial charge in [-0.3, -0.25) is 0 Å². The van der Waals surface area contributed by atoms with Gasteiger partial charge in [-0.25, -0.2) is 36.3 Å². The lowest BCUT2D eigenvalue weighted by molar-refractivity contribution is 0.493. The summed E-state index contributed by atoms with van der Waals surface area (Å²) in [4.78, 5) is 19.7. The first-order chi connectivity index (χ1) is 17.2. The molecule has 0 bridgehead atoms. The van der Waals surface area contributed by atoms with E-state index in [9.17, 15) is 8.78 Å². The molecule has 0 amide bonds. The molecule has 2 heterocycles. The molecule has 3 aromatic carbocycles. The minimum Gasteiger partial charge on any atom is -0.240 e. The summed E-state index contributed by atoms with van der Waals surface area (Å²) in [7, 11) is 0. The number of nitrogens with zero attached hydrogens (tertiary/aromatic N) is 6. The highest BCUT2D eigenvalue weighted by Crippen LogP contribution is 2.43. The zero-order valence-electron chi connectivity index (χ0n) is 16.8. The van der Waals surface area contributed by atoms with Gasteiger partial charge in [-0.2, -0.15) is 19.4 Å². The number of hydrogen-bond donors (Lipinski definition) is 0. The Hall–Kier alpha value is -4.76. The summed E-state index contributed by atoms with van der Waals surface area (Å²) in [5.74, 6) is -12.3. The van der Waals surface area contributed by atoms with Crippen molar-refractivity contribution >= 4 is 76.3 Å². The average molecular weight is 526 g/mol. The highest BCUT2D eigenvalue weighted by molar-refractivity contribution is 7.17. The van der Waals surface area contributed by atoms with Gasteiger partial charge in [0, 0.05) is 10.8 Å². The van der Waals surface area contributed by atoms with Crippen LogP contribution in [-0.4, -0.2) is 9.97 Å². The maximum Gasteiger partial charge on any atom is 0.555 e. The van der Waals surface area contributed by atoms with Crippen LogP contribution in [0.25, 0.3) is 73.0 Å². The Labute approximate surface area is 202 Å². The van der Waals surface area contributed by atoms with Crippen LogP contribution in [0.15, 0.2) is 0 Å². The Balaban J connectivity index is 2.27. The van der Waals surface area contributed by atoms with E-state index in [-0.39, 0.29) is 9.33 Å². The van der Waals surface area contributed by atoms with Crippen LogP contribution >= 0.6 is 22.7 Å². The molecule has 0 atom stereocenters. The topological polar surface area (TPSA) is 43.2 Å². The van der Waals surface area contributed by atoms with Gasteiger partial charge in [-0.05, 0) is 0 Å². The molecule has 0 saturated carbocycles. The SMILES string of the molecule is [C-]#[N+]C([N+]#[C-])=c1nc2c(s1)c(F)c(F)c1c(F)c(F)c3c(F)c(F)c4sc(=C([N+]#[C-])[N+]#[C-])nc4c3c12. The van der Waals surface area contributed by atoms with E-state index in [1.165, 1.54) is 0 Å². The molecule has 0 saturated heterocycles. The second kappa shape index (κ2) is 7.89. The Kier molecular flexibility index (Phi) is 5.04. The van der Waals surface area contributed by atoms with E-state index in [1.54, 1.807) is 0 Å². The van der Waals surface area contributed by atoms with Crippen molar-refractivity contribution < 1.29 is 26.3 Å². The summed E-state index contributed by atoms with van der Waals surface area (Å²) in [6.45, 7) is 28.3. The van der Waals surface area contributed by atoms with E-state index in [0.29, 0.717) is 22.7 Å². The monoisotopic (exact) mass is 526 g/mol. The zero-order valence-corrected chi connectivity index (χ0v) is 18.4. The van der Waals surface area contributed by atoms with Gasteiger partial charge in [0.2, 0.25) is 9.33 Å². The number of hydrogen-bond acceptors (Lipinski definition) is 4. The van der Waals surface area contributed by atoms with Crippen molar-refractivity contribution in [1.29, 1.82) is 0 Å². The predicted molar refractivity (Wildman–Crippen MR) is 120 cm³/mol. The van der Waals surface area contributed by atoms with E-state index in [4.69, 9.17) is 26.3 Å². The molecule has 0 fully saturated rings. The Morgan fingerprint density at radius 2 is 0.806 bits per heavy atom. The summed E-state index contributed by atoms with van der Waals surface area (Å²) in [5, 5.41) is -3.89. The molecule has 0 radical (unpaired) electrons. The first-order valence-electron chi connectivity index (χ1n) is 9.13. The van der Waals surface area contributed by atoms with E-state index in [1.807, 2.05) is 0 Å². The Bertz CT molecular complexity index is 1980. The molecule has 0 spiro atoms. The number of halogens is 6. The van der Waals surface area contributed by atoms with Gasteiger partial charge in [0.15, 0.2) is 34.9 Å². The fourth-order valence-electron chi connectivity index (χ4n) is 3.70. The maximum absolute atomic E-state index is 15.1. The zero-order chi connectivity index (χ0) is 26.0. The smallest absolute Gasteiger partial charge is 0.240 e. The van der Waals surface area contributed by atoms with Gasteiger partial charge in [0.1, 0.15) is 26.3 Å². The van der Waals surface area contributed by atoms with Gasteiger partial charge in [-0.1, -0.05) is 0 Å². The minimum absolute atomic E-state index is 0.367. The van der Waals surface area contributed by atoms with Crippen LogP contribution in [0.5, 0.6) is 0 Å². The fraction of sp³-hybridized carbons (Fsp3) is 0. The molecule has 0 aliphatic carbocycles. The normalized spacial score (nSPS) is 10.9. The molecule has 6 nitrogen and oxygen atoms in total. The van der Waals surface area contributed by atoms with Gasteiger partial charge in [0.05, 0.1) is 31.2 Å². The maximum atomic E-state index is 15.1. The molecule has 0 unspecified atom stereocenters. The van der Waals surface area contributed by atoms with Crippen LogP contribution in [0.1, 0.15) is 0 Å². The quantitative estimate of drug-likeness (QED) is 0.144. The third-order valence-electron chi connectivity index (χ3n) is 5.14. The predicted octanol–water partition coefficient (Wildman–Crippen LogP) is 5.86.